The number of rotatable bonds is 4. The zero-order valence-corrected chi connectivity index (χ0v) is 13.3. The van der Waals surface area contributed by atoms with Crippen molar-refractivity contribution in [3.8, 4) is 5.75 Å². The van der Waals surface area contributed by atoms with Crippen molar-refractivity contribution in [1.82, 2.24) is 4.90 Å². The highest BCUT2D eigenvalue weighted by molar-refractivity contribution is 5.76. The fourth-order valence-electron chi connectivity index (χ4n) is 3.78. The average Bonchev–Trinajstić information content (AvgIpc) is 2.58. The molecule has 2 fully saturated rings. The summed E-state index contributed by atoms with van der Waals surface area (Å²) in [6.45, 7) is 1.59. The molecule has 1 spiro atoms. The van der Waals surface area contributed by atoms with E-state index in [9.17, 15) is 9.90 Å². The van der Waals surface area contributed by atoms with Gasteiger partial charge in [-0.25, -0.2) is 0 Å². The number of ether oxygens (including phenoxy) is 1. The molecule has 1 aliphatic heterocycles. The van der Waals surface area contributed by atoms with E-state index in [4.69, 9.17) is 4.74 Å². The number of methoxy groups -OCH3 is 1. The van der Waals surface area contributed by atoms with Gasteiger partial charge in [-0.3, -0.25) is 4.79 Å². The zero-order chi connectivity index (χ0) is 15.6. The Labute approximate surface area is 132 Å². The van der Waals surface area contributed by atoms with Gasteiger partial charge in [-0.2, -0.15) is 0 Å². The van der Waals surface area contributed by atoms with Crippen molar-refractivity contribution in [2.75, 3.05) is 20.2 Å². The van der Waals surface area contributed by atoms with Gasteiger partial charge in [0.15, 0.2) is 0 Å². The predicted molar refractivity (Wildman–Crippen MR) is 84.8 cm³/mol. The summed E-state index contributed by atoms with van der Waals surface area (Å²) in [5.41, 5.74) is 1.21. The largest absolute Gasteiger partial charge is 0.496 e. The maximum atomic E-state index is 12.4. The number of carbonyl (C=O) groups excluding carboxylic acids is 1. The molecule has 1 amide bonds. The summed E-state index contributed by atoms with van der Waals surface area (Å²) in [4.78, 5) is 14.4. The van der Waals surface area contributed by atoms with Crippen LogP contribution in [-0.4, -0.2) is 42.2 Å². The first-order valence-electron chi connectivity index (χ1n) is 8.22. The maximum absolute atomic E-state index is 12.4. The number of aryl methyl sites for hydroxylation is 1. The Morgan fingerprint density at radius 1 is 1.32 bits per heavy atom. The first-order chi connectivity index (χ1) is 10.6. The normalized spacial score (nSPS) is 23.2. The lowest BCUT2D eigenvalue weighted by Crippen LogP contribution is -2.53. The first kappa shape index (κ1) is 15.3. The summed E-state index contributed by atoms with van der Waals surface area (Å²) < 4.78 is 5.33. The second-order valence-corrected chi connectivity index (χ2v) is 6.61. The van der Waals surface area contributed by atoms with E-state index in [0.29, 0.717) is 12.8 Å². The van der Waals surface area contributed by atoms with Crippen LogP contribution in [0.3, 0.4) is 0 Å². The molecule has 1 unspecified atom stereocenters. The second kappa shape index (κ2) is 6.29. The van der Waals surface area contributed by atoms with Gasteiger partial charge in [0.25, 0.3) is 0 Å². The van der Waals surface area contributed by atoms with E-state index in [1.54, 1.807) is 7.11 Å². The smallest absolute Gasteiger partial charge is 0.222 e. The number of benzene rings is 1. The molecule has 1 heterocycles. The Balaban J connectivity index is 1.51. The molecular formula is C18H25NO3. The van der Waals surface area contributed by atoms with Crippen molar-refractivity contribution >= 4 is 5.91 Å². The van der Waals surface area contributed by atoms with Crippen LogP contribution in [0, 0.1) is 5.41 Å². The summed E-state index contributed by atoms with van der Waals surface area (Å²) in [6, 6.07) is 7.87. The van der Waals surface area contributed by atoms with Crippen LogP contribution in [0.5, 0.6) is 5.75 Å². The molecule has 0 radical (unpaired) electrons. The van der Waals surface area contributed by atoms with Gasteiger partial charge in [-0.1, -0.05) is 18.2 Å². The standard InChI is InChI=1S/C18H25NO3/c1-22-15-5-3-2-4-14(15)6-7-17(21)19-12-10-18(11-13-19)9-8-16(18)20/h2-5,16,20H,6-13H2,1H3. The van der Waals surface area contributed by atoms with Crippen molar-refractivity contribution in [2.24, 2.45) is 5.41 Å². The number of para-hydroxylation sites is 1. The first-order valence-corrected chi connectivity index (χ1v) is 8.22. The molecule has 120 valence electrons. The molecule has 1 aromatic carbocycles. The molecular weight excluding hydrogens is 278 g/mol. The predicted octanol–water partition coefficient (Wildman–Crippen LogP) is 2.39. The number of hydrogen-bond acceptors (Lipinski definition) is 3. The number of likely N-dealkylation sites (tertiary alicyclic amines) is 1. The summed E-state index contributed by atoms with van der Waals surface area (Å²) in [6.07, 6.45) is 5.06. The van der Waals surface area contributed by atoms with E-state index < -0.39 is 0 Å². The van der Waals surface area contributed by atoms with Gasteiger partial charge in [0.2, 0.25) is 5.91 Å². The van der Waals surface area contributed by atoms with Crippen LogP contribution < -0.4 is 4.74 Å². The molecule has 0 bridgehead atoms. The molecule has 2 aliphatic rings. The van der Waals surface area contributed by atoms with Crippen LogP contribution in [0.15, 0.2) is 24.3 Å². The molecule has 1 N–H and O–H groups in total. The van der Waals surface area contributed by atoms with Crippen LogP contribution in [0.25, 0.3) is 0 Å². The van der Waals surface area contributed by atoms with E-state index in [2.05, 4.69) is 0 Å². The van der Waals surface area contributed by atoms with Crippen molar-refractivity contribution in [3.63, 3.8) is 0 Å². The lowest BCUT2D eigenvalue weighted by atomic mass is 9.61. The lowest BCUT2D eigenvalue weighted by molar-refractivity contribution is -0.141. The molecule has 1 atom stereocenters. The zero-order valence-electron chi connectivity index (χ0n) is 13.3. The van der Waals surface area contributed by atoms with Crippen LogP contribution in [0.4, 0.5) is 0 Å². The van der Waals surface area contributed by atoms with Gasteiger partial charge in [-0.05, 0) is 49.1 Å². The van der Waals surface area contributed by atoms with Gasteiger partial charge >= 0.3 is 0 Å². The van der Waals surface area contributed by atoms with Gasteiger partial charge in [0.05, 0.1) is 13.2 Å². The number of amides is 1. The molecule has 1 saturated heterocycles. The molecule has 1 saturated carbocycles. The fraction of sp³-hybridized carbons (Fsp3) is 0.611. The van der Waals surface area contributed by atoms with E-state index in [1.807, 2.05) is 29.2 Å². The molecule has 1 aliphatic carbocycles. The quantitative estimate of drug-likeness (QED) is 0.929. The second-order valence-electron chi connectivity index (χ2n) is 6.61. The third-order valence-electron chi connectivity index (χ3n) is 5.54. The Hall–Kier alpha value is -1.55. The summed E-state index contributed by atoms with van der Waals surface area (Å²) in [5, 5.41) is 9.94. The van der Waals surface area contributed by atoms with Crippen LogP contribution in [-0.2, 0) is 11.2 Å². The van der Waals surface area contributed by atoms with Gasteiger partial charge in [0.1, 0.15) is 5.75 Å². The van der Waals surface area contributed by atoms with Crippen molar-refractivity contribution in [1.29, 1.82) is 0 Å². The third-order valence-corrected chi connectivity index (χ3v) is 5.54. The highest BCUT2D eigenvalue weighted by atomic mass is 16.5. The summed E-state index contributed by atoms with van der Waals surface area (Å²) in [5.74, 6) is 1.07. The third kappa shape index (κ3) is 2.84. The molecule has 4 heteroatoms. The highest BCUT2D eigenvalue weighted by Crippen LogP contribution is 2.49. The minimum absolute atomic E-state index is 0.124. The van der Waals surface area contributed by atoms with Crippen molar-refractivity contribution < 1.29 is 14.6 Å². The fourth-order valence-corrected chi connectivity index (χ4v) is 3.78. The topological polar surface area (TPSA) is 49.8 Å². The van der Waals surface area contributed by atoms with E-state index >= 15 is 0 Å². The Morgan fingerprint density at radius 2 is 2.05 bits per heavy atom. The monoisotopic (exact) mass is 303 g/mol. The number of aliphatic hydroxyl groups is 1. The van der Waals surface area contributed by atoms with E-state index in [1.165, 1.54) is 0 Å². The molecule has 3 rings (SSSR count). The highest BCUT2D eigenvalue weighted by Gasteiger charge is 2.47. The summed E-state index contributed by atoms with van der Waals surface area (Å²) >= 11 is 0. The van der Waals surface area contributed by atoms with E-state index in [-0.39, 0.29) is 17.4 Å². The van der Waals surface area contributed by atoms with Gasteiger partial charge < -0.3 is 14.7 Å². The number of piperidine rings is 1. The average molecular weight is 303 g/mol. The lowest BCUT2D eigenvalue weighted by Gasteiger charge is -2.51. The Morgan fingerprint density at radius 3 is 2.64 bits per heavy atom. The van der Waals surface area contributed by atoms with Crippen LogP contribution in [0.1, 0.15) is 37.7 Å². The van der Waals surface area contributed by atoms with Crippen LogP contribution in [0.2, 0.25) is 0 Å². The van der Waals surface area contributed by atoms with E-state index in [0.717, 1.165) is 50.1 Å². The molecule has 0 aromatic heterocycles. The Bertz CT molecular complexity index is 535. The molecule has 22 heavy (non-hydrogen) atoms. The number of carbonyl (C=O) groups is 1. The Kier molecular flexibility index (Phi) is 4.39. The van der Waals surface area contributed by atoms with Crippen molar-refractivity contribution in [2.45, 2.75) is 44.6 Å². The molecule has 4 nitrogen and oxygen atoms in total. The van der Waals surface area contributed by atoms with Gasteiger partial charge in [-0.15, -0.1) is 0 Å². The maximum Gasteiger partial charge on any atom is 0.222 e. The number of hydrogen-bond donors (Lipinski definition) is 1. The van der Waals surface area contributed by atoms with Crippen LogP contribution >= 0.6 is 0 Å². The van der Waals surface area contributed by atoms with Gasteiger partial charge in [0, 0.05) is 19.5 Å². The summed E-state index contributed by atoms with van der Waals surface area (Å²) in [7, 11) is 1.66. The number of aliphatic hydroxyl groups excluding tert-OH is 1. The number of nitrogens with zero attached hydrogens (tertiary/aromatic N) is 1. The molecule has 1 aromatic rings. The van der Waals surface area contributed by atoms with Crippen molar-refractivity contribution in [3.05, 3.63) is 29.8 Å². The minimum Gasteiger partial charge on any atom is -0.496 e. The minimum atomic E-state index is -0.140. The SMILES string of the molecule is COc1ccccc1CCC(=O)N1CCC2(CCC2O)CC1.